The molecule has 2 aromatic heterocycles. The number of hydrogen-bond donors (Lipinski definition) is 0. The molecule has 4 aliphatic rings. The summed E-state index contributed by atoms with van der Waals surface area (Å²) in [6.45, 7) is -0.743. The van der Waals surface area contributed by atoms with Gasteiger partial charge in [-0.1, -0.05) is 146 Å². The van der Waals surface area contributed by atoms with Crippen LogP contribution in [0.1, 0.15) is 33.4 Å². The first-order valence-electron chi connectivity index (χ1n) is 21.9. The van der Waals surface area contributed by atoms with Crippen LogP contribution in [-0.4, -0.2) is 15.8 Å². The Hall–Kier alpha value is -7.78. The van der Waals surface area contributed by atoms with E-state index >= 15 is 26.3 Å². The molecular weight excluding hydrogens is 837 g/mol. The number of aromatic nitrogens is 2. The molecular formula is C57H29BF6N2. The third-order valence-corrected chi connectivity index (χ3v) is 15.1. The Kier molecular flexibility index (Phi) is 6.60. The predicted octanol–water partition coefficient (Wildman–Crippen LogP) is 13.1. The molecule has 1 aliphatic carbocycles. The Morgan fingerprint density at radius 1 is 0.424 bits per heavy atom. The summed E-state index contributed by atoms with van der Waals surface area (Å²) >= 11 is 0. The highest BCUT2D eigenvalue weighted by Gasteiger charge is 2.55. The van der Waals surface area contributed by atoms with Crippen molar-refractivity contribution in [3.05, 3.63) is 209 Å². The van der Waals surface area contributed by atoms with Crippen LogP contribution in [0.3, 0.4) is 0 Å². The van der Waals surface area contributed by atoms with E-state index in [0.29, 0.717) is 22.1 Å². The largest absolute Gasteiger partial charge is 0.416 e. The standard InChI is InChI=1S/C57H29BF6N2/c59-56(60,61)33-26-38-39-27-34(57(62,63)64)29-45-52(39)66-51(38)44(28-33)55(41-21-11-9-19-36(41)37-20-10-12-22-42(37)55)43-23-24-46-49(54(43)66)58(45)48-35-18-8-7-17-32(35)25-40-47(30-13-3-1-4-14-30)50(65(46)53(40)48)31-15-5-2-6-16-31/h1-29H. The van der Waals surface area contributed by atoms with Gasteiger partial charge in [-0.15, -0.1) is 0 Å². The zero-order valence-corrected chi connectivity index (χ0v) is 34.5. The van der Waals surface area contributed by atoms with Crippen molar-refractivity contribution in [3.8, 4) is 44.9 Å². The smallest absolute Gasteiger partial charge is 0.310 e. The highest BCUT2D eigenvalue weighted by Crippen LogP contribution is 2.62. The number of nitrogens with zero attached hydrogens (tertiary/aromatic N) is 2. The van der Waals surface area contributed by atoms with E-state index in [0.717, 1.165) is 106 Å². The van der Waals surface area contributed by atoms with E-state index in [1.165, 1.54) is 12.1 Å². The Balaban J connectivity index is 1.24. The summed E-state index contributed by atoms with van der Waals surface area (Å²) in [6.07, 6.45) is -9.60. The topological polar surface area (TPSA) is 9.86 Å². The van der Waals surface area contributed by atoms with Crippen molar-refractivity contribution in [2.24, 2.45) is 0 Å². The van der Waals surface area contributed by atoms with Gasteiger partial charge in [0.1, 0.15) is 0 Å². The number of alkyl halides is 6. The maximum absolute atomic E-state index is 15.6. The molecule has 0 atom stereocenters. The summed E-state index contributed by atoms with van der Waals surface area (Å²) < 4.78 is 97.5. The Labute approximate surface area is 372 Å². The SMILES string of the molecule is FC(F)(F)c1cc2c3c(c1)c1cc(C(F)(F)F)cc4c1n3-c1c(ccc3c1B2c1c2ccccc2cc2c(-c5ccccc5)c(-c5ccccc5)n-3c12)C41c2ccccc2-c2ccccc21. The van der Waals surface area contributed by atoms with Crippen LogP contribution in [0.15, 0.2) is 176 Å². The minimum absolute atomic E-state index is 0.143. The van der Waals surface area contributed by atoms with E-state index in [1.54, 1.807) is 0 Å². The fraction of sp³-hybridized carbons (Fsp3) is 0.0526. The molecule has 0 fully saturated rings. The van der Waals surface area contributed by atoms with Gasteiger partial charge in [0.15, 0.2) is 0 Å². The van der Waals surface area contributed by atoms with E-state index in [4.69, 9.17) is 0 Å². The van der Waals surface area contributed by atoms with Crippen LogP contribution in [0.2, 0.25) is 0 Å². The number of benzene rings is 9. The van der Waals surface area contributed by atoms with Crippen LogP contribution in [0.4, 0.5) is 26.3 Å². The van der Waals surface area contributed by atoms with Gasteiger partial charge in [0.2, 0.25) is 0 Å². The van der Waals surface area contributed by atoms with Gasteiger partial charge in [-0.05, 0) is 102 Å². The summed E-state index contributed by atoms with van der Waals surface area (Å²) in [6, 6.07) is 55.4. The number of halogens is 6. The monoisotopic (exact) mass is 866 g/mol. The Bertz CT molecular complexity index is 3980. The van der Waals surface area contributed by atoms with E-state index < -0.39 is 35.6 Å². The molecule has 15 rings (SSSR count). The van der Waals surface area contributed by atoms with Crippen molar-refractivity contribution in [1.29, 1.82) is 0 Å². The number of rotatable bonds is 2. The first-order valence-corrected chi connectivity index (χ1v) is 21.9. The fourth-order valence-electron chi connectivity index (χ4n) is 12.8. The molecule has 9 heteroatoms. The zero-order chi connectivity index (χ0) is 44.2. The minimum atomic E-state index is -4.80. The van der Waals surface area contributed by atoms with Gasteiger partial charge in [0.25, 0.3) is 6.71 Å². The van der Waals surface area contributed by atoms with Crippen LogP contribution >= 0.6 is 0 Å². The van der Waals surface area contributed by atoms with Gasteiger partial charge in [0.05, 0.1) is 33.3 Å². The van der Waals surface area contributed by atoms with Crippen LogP contribution in [0.5, 0.6) is 0 Å². The second-order valence-electron chi connectivity index (χ2n) is 18.1. The van der Waals surface area contributed by atoms with Crippen LogP contribution in [0.25, 0.3) is 88.4 Å². The molecule has 1 spiro atoms. The molecule has 0 saturated carbocycles. The molecule has 5 heterocycles. The fourth-order valence-corrected chi connectivity index (χ4v) is 12.8. The average molecular weight is 867 g/mol. The predicted molar refractivity (Wildman–Crippen MR) is 252 cm³/mol. The second kappa shape index (κ2) is 11.9. The van der Waals surface area contributed by atoms with Gasteiger partial charge in [-0.25, -0.2) is 0 Å². The average Bonchev–Trinajstić information content (AvgIpc) is 3.96. The van der Waals surface area contributed by atoms with Crippen LogP contribution in [-0.2, 0) is 17.8 Å². The highest BCUT2D eigenvalue weighted by molar-refractivity contribution is 7.01. The van der Waals surface area contributed by atoms with Gasteiger partial charge >= 0.3 is 12.4 Å². The highest BCUT2D eigenvalue weighted by atomic mass is 19.4. The van der Waals surface area contributed by atoms with E-state index in [9.17, 15) is 0 Å². The normalized spacial score (nSPS) is 14.6. The molecule has 0 bridgehead atoms. The van der Waals surface area contributed by atoms with Gasteiger partial charge in [0, 0.05) is 38.6 Å². The summed E-state index contributed by atoms with van der Waals surface area (Å²) in [4.78, 5) is 0. The van der Waals surface area contributed by atoms with Crippen molar-refractivity contribution >= 4 is 66.6 Å². The Morgan fingerprint density at radius 2 is 1.02 bits per heavy atom. The molecule has 9 aromatic carbocycles. The van der Waals surface area contributed by atoms with Crippen molar-refractivity contribution in [2.75, 3.05) is 0 Å². The van der Waals surface area contributed by atoms with Crippen molar-refractivity contribution < 1.29 is 26.3 Å². The maximum atomic E-state index is 15.6. The molecule has 2 nitrogen and oxygen atoms in total. The van der Waals surface area contributed by atoms with Gasteiger partial charge < -0.3 is 9.13 Å². The van der Waals surface area contributed by atoms with Gasteiger partial charge in [-0.2, -0.15) is 26.3 Å². The summed E-state index contributed by atoms with van der Waals surface area (Å²) in [5, 5.41) is 3.08. The second-order valence-corrected chi connectivity index (χ2v) is 18.1. The quantitative estimate of drug-likeness (QED) is 0.121. The lowest BCUT2D eigenvalue weighted by atomic mass is 9.33. The lowest BCUT2D eigenvalue weighted by molar-refractivity contribution is -0.138. The molecule has 66 heavy (non-hydrogen) atoms. The van der Waals surface area contributed by atoms with Crippen molar-refractivity contribution in [3.63, 3.8) is 0 Å². The summed E-state index contributed by atoms with van der Waals surface area (Å²) in [5.41, 5.74) is 11.1. The van der Waals surface area contributed by atoms with Crippen LogP contribution in [0, 0.1) is 0 Å². The minimum Gasteiger partial charge on any atom is -0.310 e. The maximum Gasteiger partial charge on any atom is 0.416 e. The molecule has 0 N–H and O–H groups in total. The number of fused-ring (bicyclic) bond motifs is 13. The summed E-state index contributed by atoms with van der Waals surface area (Å²) in [5.74, 6) is 0. The first-order chi connectivity index (χ1) is 32.0. The molecule has 11 aromatic rings. The van der Waals surface area contributed by atoms with E-state index in [-0.39, 0.29) is 10.8 Å². The number of hydrogen-bond acceptors (Lipinski definition) is 0. The lowest BCUT2D eigenvalue weighted by Crippen LogP contribution is -2.61. The van der Waals surface area contributed by atoms with Crippen LogP contribution < -0.4 is 16.4 Å². The third-order valence-electron chi connectivity index (χ3n) is 15.1. The van der Waals surface area contributed by atoms with E-state index in [1.807, 2.05) is 102 Å². The van der Waals surface area contributed by atoms with Gasteiger partial charge in [-0.3, -0.25) is 0 Å². The van der Waals surface area contributed by atoms with E-state index in [2.05, 4.69) is 59.2 Å². The van der Waals surface area contributed by atoms with Crippen molar-refractivity contribution in [1.82, 2.24) is 9.13 Å². The molecule has 0 unspecified atom stereocenters. The first kappa shape index (κ1) is 36.6. The lowest BCUT2D eigenvalue weighted by Gasteiger charge is -2.44. The third kappa shape index (κ3) is 4.19. The van der Waals surface area contributed by atoms with Crippen molar-refractivity contribution in [2.45, 2.75) is 17.8 Å². The molecule has 312 valence electrons. The molecule has 0 saturated heterocycles. The summed E-state index contributed by atoms with van der Waals surface area (Å²) in [7, 11) is 0. The molecule has 0 amide bonds. The molecule has 0 radical (unpaired) electrons. The Morgan fingerprint density at radius 3 is 1.70 bits per heavy atom. The zero-order valence-electron chi connectivity index (χ0n) is 34.5. The molecule has 3 aliphatic heterocycles.